The molecule has 0 radical (unpaired) electrons. The summed E-state index contributed by atoms with van der Waals surface area (Å²) in [4.78, 5) is 15.0. The summed E-state index contributed by atoms with van der Waals surface area (Å²) in [5.41, 5.74) is 0.762. The van der Waals surface area contributed by atoms with Gasteiger partial charge in [-0.25, -0.2) is 4.79 Å². The Morgan fingerprint density at radius 1 is 1.25 bits per heavy atom. The van der Waals surface area contributed by atoms with Crippen molar-refractivity contribution in [3.63, 3.8) is 0 Å². The second-order valence-corrected chi connectivity index (χ2v) is 6.66. The first-order chi connectivity index (χ1) is 11.6. The minimum atomic E-state index is -1.67. The van der Waals surface area contributed by atoms with Crippen molar-refractivity contribution in [3.8, 4) is 0 Å². The lowest BCUT2D eigenvalue weighted by atomic mass is 9.85. The van der Waals surface area contributed by atoms with Crippen LogP contribution in [0.4, 0.5) is 0 Å². The summed E-state index contributed by atoms with van der Waals surface area (Å²) >= 11 is 0. The lowest BCUT2D eigenvalue weighted by Crippen LogP contribution is -2.39. The van der Waals surface area contributed by atoms with Gasteiger partial charge in [0, 0.05) is 13.1 Å². The number of carbonyl (C=O) groups excluding carboxylic acids is 1. The number of nitrogens with zero attached hydrogens (tertiary/aromatic N) is 1. The summed E-state index contributed by atoms with van der Waals surface area (Å²) in [5, 5.41) is 11.3. The number of likely N-dealkylation sites (N-methyl/N-ethyl adjacent to an activating group) is 1. The molecule has 0 saturated heterocycles. The van der Waals surface area contributed by atoms with Gasteiger partial charge in [-0.1, -0.05) is 42.5 Å². The molecule has 1 atom stereocenters. The van der Waals surface area contributed by atoms with Crippen LogP contribution in [0.15, 0.2) is 53.6 Å². The second-order valence-electron chi connectivity index (χ2n) is 6.66. The summed E-state index contributed by atoms with van der Waals surface area (Å²) in [7, 11) is 2.05. The molecule has 2 aliphatic rings. The molecule has 1 aromatic carbocycles. The van der Waals surface area contributed by atoms with Crippen molar-refractivity contribution in [2.45, 2.75) is 31.3 Å². The van der Waals surface area contributed by atoms with Crippen LogP contribution < -0.4 is 0 Å². The number of hydrogen-bond acceptors (Lipinski definition) is 4. The van der Waals surface area contributed by atoms with E-state index in [0.717, 1.165) is 49.9 Å². The average Bonchev–Trinajstić information content (AvgIpc) is 3.15. The van der Waals surface area contributed by atoms with E-state index >= 15 is 0 Å². The summed E-state index contributed by atoms with van der Waals surface area (Å²) < 4.78 is 5.54. The van der Waals surface area contributed by atoms with Crippen LogP contribution in [-0.2, 0) is 15.1 Å². The molecule has 0 aromatic heterocycles. The van der Waals surface area contributed by atoms with Gasteiger partial charge in [-0.2, -0.15) is 0 Å². The normalized spacial score (nSPS) is 20.9. The highest BCUT2D eigenvalue weighted by atomic mass is 16.5. The standard InChI is InChI=1S/C20H25NO3/c1-21-13-7-8-16(14-21)15-24-19(22)20(23,18-11-5-6-12-18)17-9-3-2-4-10-17/h2-4,8-11,23H,5-7,12-15H2,1H3. The molecule has 1 aliphatic heterocycles. The summed E-state index contributed by atoms with van der Waals surface area (Å²) in [6.45, 7) is 2.07. The van der Waals surface area contributed by atoms with Gasteiger partial charge in [0.1, 0.15) is 6.61 Å². The summed E-state index contributed by atoms with van der Waals surface area (Å²) in [6.07, 6.45) is 7.66. The van der Waals surface area contributed by atoms with Gasteiger partial charge in [0.05, 0.1) is 0 Å². The van der Waals surface area contributed by atoms with E-state index in [-0.39, 0.29) is 6.61 Å². The van der Waals surface area contributed by atoms with Crippen LogP contribution in [0.1, 0.15) is 31.2 Å². The van der Waals surface area contributed by atoms with E-state index in [1.165, 1.54) is 0 Å². The predicted octanol–water partition coefficient (Wildman–Crippen LogP) is 2.79. The average molecular weight is 327 g/mol. The first-order valence-electron chi connectivity index (χ1n) is 8.62. The van der Waals surface area contributed by atoms with E-state index in [4.69, 9.17) is 4.74 Å². The molecular weight excluding hydrogens is 302 g/mol. The maximum atomic E-state index is 12.8. The maximum absolute atomic E-state index is 12.8. The SMILES string of the molecule is CN1CCC=C(COC(=O)C(O)(C2=CCCC2)c2ccccc2)C1. The van der Waals surface area contributed by atoms with Crippen LogP contribution in [0.2, 0.25) is 0 Å². The fraction of sp³-hybridized carbons (Fsp3) is 0.450. The zero-order chi connectivity index (χ0) is 17.0. The van der Waals surface area contributed by atoms with Crippen LogP contribution in [0.25, 0.3) is 0 Å². The van der Waals surface area contributed by atoms with Crippen molar-refractivity contribution >= 4 is 5.97 Å². The highest BCUT2D eigenvalue weighted by Crippen LogP contribution is 2.37. The van der Waals surface area contributed by atoms with E-state index in [0.29, 0.717) is 5.56 Å². The Hall–Kier alpha value is -1.91. The molecule has 0 fully saturated rings. The van der Waals surface area contributed by atoms with Crippen LogP contribution in [0.5, 0.6) is 0 Å². The summed E-state index contributed by atoms with van der Waals surface area (Å²) in [5.74, 6) is -0.573. The molecule has 3 rings (SSSR count). The lowest BCUT2D eigenvalue weighted by Gasteiger charge is -2.29. The van der Waals surface area contributed by atoms with Crippen molar-refractivity contribution in [2.24, 2.45) is 0 Å². The quantitative estimate of drug-likeness (QED) is 0.667. The van der Waals surface area contributed by atoms with Crippen molar-refractivity contribution in [3.05, 3.63) is 59.2 Å². The molecule has 24 heavy (non-hydrogen) atoms. The molecule has 0 amide bonds. The van der Waals surface area contributed by atoms with Gasteiger partial charge in [0.2, 0.25) is 5.60 Å². The third kappa shape index (κ3) is 3.45. The fourth-order valence-electron chi connectivity index (χ4n) is 3.46. The Bertz CT molecular complexity index is 650. The van der Waals surface area contributed by atoms with Crippen molar-refractivity contribution in [1.29, 1.82) is 0 Å². The highest BCUT2D eigenvalue weighted by Gasteiger charge is 2.43. The predicted molar refractivity (Wildman–Crippen MR) is 93.4 cm³/mol. The van der Waals surface area contributed by atoms with E-state index < -0.39 is 11.6 Å². The van der Waals surface area contributed by atoms with E-state index in [1.807, 2.05) is 24.3 Å². The fourth-order valence-corrected chi connectivity index (χ4v) is 3.46. The molecule has 0 bridgehead atoms. The molecule has 1 N–H and O–H groups in total. The van der Waals surface area contributed by atoms with Gasteiger partial charge in [-0.05, 0) is 49.4 Å². The highest BCUT2D eigenvalue weighted by molar-refractivity contribution is 5.85. The third-order valence-corrected chi connectivity index (χ3v) is 4.80. The smallest absolute Gasteiger partial charge is 0.347 e. The lowest BCUT2D eigenvalue weighted by molar-refractivity contribution is -0.161. The third-order valence-electron chi connectivity index (χ3n) is 4.80. The van der Waals surface area contributed by atoms with Gasteiger partial charge in [-0.3, -0.25) is 0 Å². The number of aliphatic hydroxyl groups is 1. The second kappa shape index (κ2) is 7.32. The molecule has 4 nitrogen and oxygen atoms in total. The van der Waals surface area contributed by atoms with Gasteiger partial charge in [-0.15, -0.1) is 0 Å². The Labute approximate surface area is 143 Å². The van der Waals surface area contributed by atoms with Crippen molar-refractivity contribution in [2.75, 3.05) is 26.7 Å². The number of ether oxygens (including phenoxy) is 1. The van der Waals surface area contributed by atoms with E-state index in [9.17, 15) is 9.90 Å². The van der Waals surface area contributed by atoms with Crippen LogP contribution >= 0.6 is 0 Å². The Balaban J connectivity index is 1.78. The largest absolute Gasteiger partial charge is 0.458 e. The van der Waals surface area contributed by atoms with Crippen LogP contribution in [-0.4, -0.2) is 42.7 Å². The number of carbonyl (C=O) groups is 1. The van der Waals surface area contributed by atoms with Crippen LogP contribution in [0.3, 0.4) is 0 Å². The number of esters is 1. The minimum Gasteiger partial charge on any atom is -0.458 e. The molecular formula is C20H25NO3. The van der Waals surface area contributed by atoms with Crippen LogP contribution in [0, 0.1) is 0 Å². The zero-order valence-electron chi connectivity index (χ0n) is 14.2. The Kier molecular flexibility index (Phi) is 5.17. The monoisotopic (exact) mass is 327 g/mol. The number of hydrogen-bond donors (Lipinski definition) is 1. The molecule has 128 valence electrons. The molecule has 0 saturated carbocycles. The number of allylic oxidation sites excluding steroid dienone is 1. The maximum Gasteiger partial charge on any atom is 0.347 e. The van der Waals surface area contributed by atoms with E-state index in [2.05, 4.69) is 18.0 Å². The Morgan fingerprint density at radius 2 is 2.04 bits per heavy atom. The number of benzene rings is 1. The topological polar surface area (TPSA) is 49.8 Å². The minimum absolute atomic E-state index is 0.242. The molecule has 1 heterocycles. The summed E-state index contributed by atoms with van der Waals surface area (Å²) in [6, 6.07) is 9.12. The first-order valence-corrected chi connectivity index (χ1v) is 8.62. The zero-order valence-corrected chi connectivity index (χ0v) is 14.2. The van der Waals surface area contributed by atoms with Crippen molar-refractivity contribution < 1.29 is 14.6 Å². The molecule has 4 heteroatoms. The Morgan fingerprint density at radius 3 is 2.71 bits per heavy atom. The molecule has 1 aliphatic carbocycles. The first kappa shape index (κ1) is 16.9. The van der Waals surface area contributed by atoms with Gasteiger partial charge in [0.25, 0.3) is 0 Å². The molecule has 1 aromatic rings. The molecule has 0 spiro atoms. The van der Waals surface area contributed by atoms with Crippen molar-refractivity contribution in [1.82, 2.24) is 4.90 Å². The van der Waals surface area contributed by atoms with Gasteiger partial charge < -0.3 is 14.7 Å². The van der Waals surface area contributed by atoms with Gasteiger partial charge in [0.15, 0.2) is 0 Å². The van der Waals surface area contributed by atoms with Gasteiger partial charge >= 0.3 is 5.97 Å². The molecule has 1 unspecified atom stereocenters. The number of rotatable bonds is 5. The van der Waals surface area contributed by atoms with E-state index in [1.54, 1.807) is 12.1 Å².